The second kappa shape index (κ2) is 3.38. The molecule has 0 bridgehead atoms. The van der Waals surface area contributed by atoms with Crippen molar-refractivity contribution in [1.29, 1.82) is 0 Å². The van der Waals surface area contributed by atoms with Gasteiger partial charge in [-0.2, -0.15) is 0 Å². The Kier molecular flexibility index (Phi) is 2.23. The number of benzene rings is 1. The highest BCUT2D eigenvalue weighted by molar-refractivity contribution is 5.40. The van der Waals surface area contributed by atoms with Crippen LogP contribution in [0.15, 0.2) is 24.3 Å². The Balaban J connectivity index is 2.22. The van der Waals surface area contributed by atoms with Crippen molar-refractivity contribution in [3.8, 4) is 5.75 Å². The molecule has 1 heterocycles. The molecule has 0 amide bonds. The lowest BCUT2D eigenvalue weighted by atomic mass is 10.0. The third kappa shape index (κ3) is 1.42. The number of para-hydroxylation sites is 1. The molecule has 2 N–H and O–H groups in total. The fourth-order valence-corrected chi connectivity index (χ4v) is 1.82. The third-order valence-corrected chi connectivity index (χ3v) is 2.53. The van der Waals surface area contributed by atoms with Crippen molar-refractivity contribution in [2.75, 3.05) is 0 Å². The van der Waals surface area contributed by atoms with Crippen molar-refractivity contribution in [2.24, 2.45) is 5.73 Å². The summed E-state index contributed by atoms with van der Waals surface area (Å²) in [4.78, 5) is 0. The Bertz CT molecular complexity index is 298. The van der Waals surface area contributed by atoms with E-state index in [1.165, 1.54) is 0 Å². The fourth-order valence-electron chi connectivity index (χ4n) is 1.82. The van der Waals surface area contributed by atoms with E-state index in [4.69, 9.17) is 10.5 Å². The number of hydrogen-bond acceptors (Lipinski definition) is 2. The third-order valence-electron chi connectivity index (χ3n) is 2.53. The van der Waals surface area contributed by atoms with Crippen molar-refractivity contribution in [3.05, 3.63) is 29.8 Å². The summed E-state index contributed by atoms with van der Waals surface area (Å²) in [7, 11) is 0. The minimum atomic E-state index is 0.0659. The van der Waals surface area contributed by atoms with Crippen LogP contribution in [0.1, 0.15) is 31.4 Å². The molecule has 0 fully saturated rings. The van der Waals surface area contributed by atoms with E-state index < -0.39 is 0 Å². The van der Waals surface area contributed by atoms with Crippen molar-refractivity contribution in [1.82, 2.24) is 0 Å². The van der Waals surface area contributed by atoms with Crippen molar-refractivity contribution in [3.63, 3.8) is 0 Å². The first-order valence-electron chi connectivity index (χ1n) is 4.84. The molecule has 70 valence electrons. The topological polar surface area (TPSA) is 35.2 Å². The Morgan fingerprint density at radius 2 is 2.15 bits per heavy atom. The van der Waals surface area contributed by atoms with Gasteiger partial charge >= 0.3 is 0 Å². The highest BCUT2D eigenvalue weighted by Gasteiger charge is 2.29. The van der Waals surface area contributed by atoms with Gasteiger partial charge in [-0.15, -0.1) is 0 Å². The lowest BCUT2D eigenvalue weighted by Crippen LogP contribution is -2.24. The molecule has 2 nitrogen and oxygen atoms in total. The van der Waals surface area contributed by atoms with E-state index in [9.17, 15) is 0 Å². The van der Waals surface area contributed by atoms with Crippen molar-refractivity contribution >= 4 is 0 Å². The van der Waals surface area contributed by atoms with Crippen LogP contribution in [0.5, 0.6) is 5.75 Å². The number of rotatable bonds is 2. The molecular formula is C11H15NO. The first-order valence-corrected chi connectivity index (χ1v) is 4.84. The first-order chi connectivity index (χ1) is 6.33. The van der Waals surface area contributed by atoms with Crippen LogP contribution in [-0.4, -0.2) is 6.10 Å². The van der Waals surface area contributed by atoms with Gasteiger partial charge in [-0.05, 0) is 12.5 Å². The summed E-state index contributed by atoms with van der Waals surface area (Å²) in [6.45, 7) is 2.15. The number of nitrogens with two attached hydrogens (primary N) is 1. The van der Waals surface area contributed by atoms with Crippen molar-refractivity contribution in [2.45, 2.75) is 31.9 Å². The van der Waals surface area contributed by atoms with Gasteiger partial charge in [0, 0.05) is 5.56 Å². The van der Waals surface area contributed by atoms with Gasteiger partial charge < -0.3 is 10.5 Å². The van der Waals surface area contributed by atoms with Crippen LogP contribution >= 0.6 is 0 Å². The van der Waals surface area contributed by atoms with Crippen LogP contribution in [-0.2, 0) is 0 Å². The summed E-state index contributed by atoms with van der Waals surface area (Å²) in [6.07, 6.45) is 2.34. The lowest BCUT2D eigenvalue weighted by molar-refractivity contribution is 0.195. The second-order valence-electron chi connectivity index (χ2n) is 3.51. The molecule has 13 heavy (non-hydrogen) atoms. The van der Waals surface area contributed by atoms with E-state index in [0.717, 1.165) is 24.2 Å². The van der Waals surface area contributed by atoms with Crippen LogP contribution in [0, 0.1) is 0 Å². The molecule has 1 aromatic rings. The van der Waals surface area contributed by atoms with Crippen LogP contribution in [0.25, 0.3) is 0 Å². The first kappa shape index (κ1) is 8.57. The molecule has 0 spiro atoms. The molecule has 1 aliphatic rings. The normalized spacial score (nSPS) is 25.4. The summed E-state index contributed by atoms with van der Waals surface area (Å²) < 4.78 is 5.73. The summed E-state index contributed by atoms with van der Waals surface area (Å²) >= 11 is 0. The minimum Gasteiger partial charge on any atom is -0.488 e. The molecule has 1 aliphatic heterocycles. The molecule has 2 heteroatoms. The highest BCUT2D eigenvalue weighted by Crippen LogP contribution is 2.36. The lowest BCUT2D eigenvalue weighted by Gasteiger charge is -2.13. The maximum atomic E-state index is 6.05. The molecule has 2 rings (SSSR count). The monoisotopic (exact) mass is 177 g/mol. The fraction of sp³-hybridized carbons (Fsp3) is 0.455. The number of hydrogen-bond donors (Lipinski definition) is 1. The zero-order valence-electron chi connectivity index (χ0n) is 7.86. The molecule has 2 unspecified atom stereocenters. The Labute approximate surface area is 78.7 Å². The summed E-state index contributed by atoms with van der Waals surface area (Å²) in [5.41, 5.74) is 7.21. The van der Waals surface area contributed by atoms with E-state index in [0.29, 0.717) is 0 Å². The smallest absolute Gasteiger partial charge is 0.124 e. The molecule has 0 aromatic heterocycles. The van der Waals surface area contributed by atoms with Gasteiger partial charge in [0.2, 0.25) is 0 Å². The predicted molar refractivity (Wildman–Crippen MR) is 52.7 cm³/mol. The van der Waals surface area contributed by atoms with Gasteiger partial charge in [-0.1, -0.05) is 31.5 Å². The Morgan fingerprint density at radius 1 is 1.38 bits per heavy atom. The zero-order chi connectivity index (χ0) is 9.26. The molecule has 0 saturated heterocycles. The Hall–Kier alpha value is -1.02. The molecule has 0 saturated carbocycles. The average molecular weight is 177 g/mol. The van der Waals surface area contributed by atoms with Crippen LogP contribution in [0.2, 0.25) is 0 Å². The number of fused-ring (bicyclic) bond motifs is 1. The Morgan fingerprint density at radius 3 is 2.85 bits per heavy atom. The van der Waals surface area contributed by atoms with Crippen molar-refractivity contribution < 1.29 is 4.74 Å². The SMILES string of the molecule is CCCC1Oc2ccccc2C1N. The zero-order valence-corrected chi connectivity index (χ0v) is 7.86. The summed E-state index contributed by atoms with van der Waals surface area (Å²) in [6, 6.07) is 8.10. The highest BCUT2D eigenvalue weighted by atomic mass is 16.5. The maximum absolute atomic E-state index is 6.05. The van der Waals surface area contributed by atoms with Gasteiger partial charge in [0.1, 0.15) is 11.9 Å². The predicted octanol–water partition coefficient (Wildman–Crippen LogP) is 2.25. The largest absolute Gasteiger partial charge is 0.488 e. The van der Waals surface area contributed by atoms with E-state index in [1.807, 2.05) is 18.2 Å². The average Bonchev–Trinajstić information content (AvgIpc) is 2.46. The van der Waals surface area contributed by atoms with Gasteiger partial charge in [0.25, 0.3) is 0 Å². The minimum absolute atomic E-state index is 0.0659. The number of ether oxygens (including phenoxy) is 1. The quantitative estimate of drug-likeness (QED) is 0.752. The van der Waals surface area contributed by atoms with Crippen LogP contribution < -0.4 is 10.5 Å². The van der Waals surface area contributed by atoms with Crippen LogP contribution in [0.4, 0.5) is 0 Å². The van der Waals surface area contributed by atoms with E-state index in [-0.39, 0.29) is 12.1 Å². The molecule has 0 aliphatic carbocycles. The van der Waals surface area contributed by atoms with Gasteiger partial charge in [0.15, 0.2) is 0 Å². The van der Waals surface area contributed by atoms with E-state index in [1.54, 1.807) is 0 Å². The maximum Gasteiger partial charge on any atom is 0.124 e. The van der Waals surface area contributed by atoms with E-state index >= 15 is 0 Å². The van der Waals surface area contributed by atoms with Gasteiger partial charge in [-0.25, -0.2) is 0 Å². The van der Waals surface area contributed by atoms with E-state index in [2.05, 4.69) is 13.0 Å². The molecular weight excluding hydrogens is 162 g/mol. The molecule has 2 atom stereocenters. The molecule has 0 radical (unpaired) electrons. The standard InChI is InChI=1S/C11H15NO/c1-2-5-10-11(12)8-6-3-4-7-9(8)13-10/h3-4,6-7,10-11H,2,5,12H2,1H3. The van der Waals surface area contributed by atoms with Gasteiger partial charge in [-0.3, -0.25) is 0 Å². The van der Waals surface area contributed by atoms with Crippen LogP contribution in [0.3, 0.4) is 0 Å². The van der Waals surface area contributed by atoms with Gasteiger partial charge in [0.05, 0.1) is 6.04 Å². The second-order valence-corrected chi connectivity index (χ2v) is 3.51. The molecule has 1 aromatic carbocycles. The summed E-state index contributed by atoms with van der Waals surface area (Å²) in [5.74, 6) is 0.966. The summed E-state index contributed by atoms with van der Waals surface area (Å²) in [5, 5.41) is 0.